The molecule has 0 aliphatic carbocycles. The van der Waals surface area contributed by atoms with E-state index in [0.29, 0.717) is 6.61 Å². The SMILES string of the molecule is Cn1cncc1COc1ccc(Br)nc1. The van der Waals surface area contributed by atoms with Gasteiger partial charge in [0.2, 0.25) is 0 Å². The largest absolute Gasteiger partial charge is 0.486 e. The minimum atomic E-state index is 0.500. The van der Waals surface area contributed by atoms with Crippen molar-refractivity contribution in [3.8, 4) is 5.75 Å². The van der Waals surface area contributed by atoms with E-state index in [2.05, 4.69) is 25.9 Å². The third-order valence-electron chi connectivity index (χ3n) is 2.00. The predicted molar refractivity (Wildman–Crippen MR) is 59.5 cm³/mol. The van der Waals surface area contributed by atoms with Gasteiger partial charge in [0.1, 0.15) is 17.0 Å². The van der Waals surface area contributed by atoms with Crippen LogP contribution in [0.15, 0.2) is 35.5 Å². The normalized spacial score (nSPS) is 10.3. The van der Waals surface area contributed by atoms with Gasteiger partial charge in [-0.05, 0) is 28.1 Å². The standard InChI is InChI=1S/C10H10BrN3O/c1-14-7-12-4-8(14)6-15-9-2-3-10(11)13-5-9/h2-5,7H,6H2,1H3. The molecule has 0 unspecified atom stereocenters. The van der Waals surface area contributed by atoms with Crippen LogP contribution in [0.1, 0.15) is 5.69 Å². The average molecular weight is 268 g/mol. The van der Waals surface area contributed by atoms with Gasteiger partial charge in [0.25, 0.3) is 0 Å². The van der Waals surface area contributed by atoms with Crippen LogP contribution in [0.2, 0.25) is 0 Å². The molecule has 0 N–H and O–H groups in total. The van der Waals surface area contributed by atoms with E-state index in [1.807, 2.05) is 23.7 Å². The van der Waals surface area contributed by atoms with Gasteiger partial charge in [0.05, 0.1) is 24.4 Å². The lowest BCUT2D eigenvalue weighted by molar-refractivity contribution is 0.296. The van der Waals surface area contributed by atoms with Crippen LogP contribution in [0.4, 0.5) is 0 Å². The molecular formula is C10H10BrN3O. The summed E-state index contributed by atoms with van der Waals surface area (Å²) in [6.45, 7) is 0.500. The molecule has 0 amide bonds. The van der Waals surface area contributed by atoms with E-state index in [1.54, 1.807) is 18.7 Å². The maximum Gasteiger partial charge on any atom is 0.138 e. The summed E-state index contributed by atoms with van der Waals surface area (Å²) in [7, 11) is 1.94. The maximum atomic E-state index is 5.54. The van der Waals surface area contributed by atoms with Crippen LogP contribution in [0.3, 0.4) is 0 Å². The van der Waals surface area contributed by atoms with Crippen molar-refractivity contribution in [1.29, 1.82) is 0 Å². The van der Waals surface area contributed by atoms with Gasteiger partial charge in [-0.1, -0.05) is 0 Å². The van der Waals surface area contributed by atoms with Gasteiger partial charge < -0.3 is 9.30 Å². The quantitative estimate of drug-likeness (QED) is 0.801. The summed E-state index contributed by atoms with van der Waals surface area (Å²) in [6.07, 6.45) is 5.21. The summed E-state index contributed by atoms with van der Waals surface area (Å²) in [6, 6.07) is 3.71. The van der Waals surface area contributed by atoms with E-state index in [4.69, 9.17) is 4.74 Å². The van der Waals surface area contributed by atoms with E-state index >= 15 is 0 Å². The van der Waals surface area contributed by atoms with Gasteiger partial charge in [0.15, 0.2) is 0 Å². The Morgan fingerprint density at radius 1 is 1.40 bits per heavy atom. The fourth-order valence-corrected chi connectivity index (χ4v) is 1.36. The number of rotatable bonds is 3. The summed E-state index contributed by atoms with van der Waals surface area (Å²) in [5.74, 6) is 0.749. The van der Waals surface area contributed by atoms with Crippen LogP contribution in [-0.2, 0) is 13.7 Å². The van der Waals surface area contributed by atoms with Crippen LogP contribution in [-0.4, -0.2) is 14.5 Å². The number of ether oxygens (including phenoxy) is 1. The summed E-state index contributed by atoms with van der Waals surface area (Å²) in [5.41, 5.74) is 1.03. The Morgan fingerprint density at radius 2 is 2.27 bits per heavy atom. The van der Waals surface area contributed by atoms with Gasteiger partial charge in [-0.3, -0.25) is 0 Å². The molecule has 2 aromatic heterocycles. The number of nitrogens with zero attached hydrogens (tertiary/aromatic N) is 3. The van der Waals surface area contributed by atoms with Crippen molar-refractivity contribution in [3.05, 3.63) is 41.2 Å². The van der Waals surface area contributed by atoms with Crippen molar-refractivity contribution in [2.45, 2.75) is 6.61 Å². The van der Waals surface area contributed by atoms with Gasteiger partial charge >= 0.3 is 0 Å². The van der Waals surface area contributed by atoms with E-state index in [-0.39, 0.29) is 0 Å². The number of hydrogen-bond acceptors (Lipinski definition) is 3. The fourth-order valence-electron chi connectivity index (χ4n) is 1.13. The minimum Gasteiger partial charge on any atom is -0.486 e. The molecule has 15 heavy (non-hydrogen) atoms. The molecule has 2 rings (SSSR count). The Bertz CT molecular complexity index is 438. The number of pyridine rings is 1. The lowest BCUT2D eigenvalue weighted by Gasteiger charge is -2.05. The zero-order valence-electron chi connectivity index (χ0n) is 8.22. The highest BCUT2D eigenvalue weighted by Gasteiger charge is 1.99. The van der Waals surface area contributed by atoms with Gasteiger partial charge in [-0.2, -0.15) is 0 Å². The lowest BCUT2D eigenvalue weighted by atomic mass is 10.4. The number of hydrogen-bond donors (Lipinski definition) is 0. The number of halogens is 1. The third-order valence-corrected chi connectivity index (χ3v) is 2.47. The Morgan fingerprint density at radius 3 is 2.87 bits per heavy atom. The van der Waals surface area contributed by atoms with E-state index in [0.717, 1.165) is 16.0 Å². The predicted octanol–water partition coefficient (Wildman–Crippen LogP) is 2.16. The van der Waals surface area contributed by atoms with Crippen LogP contribution >= 0.6 is 15.9 Å². The second kappa shape index (κ2) is 4.44. The van der Waals surface area contributed by atoms with Crippen molar-refractivity contribution in [1.82, 2.24) is 14.5 Å². The Balaban J connectivity index is 1.99. The molecule has 0 bridgehead atoms. The maximum absolute atomic E-state index is 5.54. The van der Waals surface area contributed by atoms with Crippen LogP contribution in [0, 0.1) is 0 Å². The van der Waals surface area contributed by atoms with Crippen molar-refractivity contribution in [2.24, 2.45) is 7.05 Å². The van der Waals surface area contributed by atoms with Crippen molar-refractivity contribution in [2.75, 3.05) is 0 Å². The van der Waals surface area contributed by atoms with E-state index < -0.39 is 0 Å². The molecule has 0 fully saturated rings. The molecule has 0 aliphatic rings. The van der Waals surface area contributed by atoms with Gasteiger partial charge in [0, 0.05) is 7.05 Å². The second-order valence-electron chi connectivity index (χ2n) is 3.10. The van der Waals surface area contributed by atoms with Crippen molar-refractivity contribution >= 4 is 15.9 Å². The van der Waals surface area contributed by atoms with Crippen LogP contribution in [0.25, 0.3) is 0 Å². The zero-order chi connectivity index (χ0) is 10.7. The Kier molecular flexibility index (Phi) is 3.01. The molecule has 2 heterocycles. The third kappa shape index (κ3) is 2.56. The number of aryl methyl sites for hydroxylation is 1. The molecule has 78 valence electrons. The number of imidazole rings is 1. The Hall–Kier alpha value is -1.36. The van der Waals surface area contributed by atoms with Gasteiger partial charge in [-0.25, -0.2) is 9.97 Å². The first-order valence-electron chi connectivity index (χ1n) is 4.45. The summed E-state index contributed by atoms with van der Waals surface area (Å²) in [4.78, 5) is 8.08. The molecule has 0 atom stereocenters. The monoisotopic (exact) mass is 267 g/mol. The highest BCUT2D eigenvalue weighted by atomic mass is 79.9. The smallest absolute Gasteiger partial charge is 0.138 e. The van der Waals surface area contributed by atoms with Gasteiger partial charge in [-0.15, -0.1) is 0 Å². The second-order valence-corrected chi connectivity index (χ2v) is 3.91. The first-order chi connectivity index (χ1) is 7.25. The van der Waals surface area contributed by atoms with E-state index in [9.17, 15) is 0 Å². The topological polar surface area (TPSA) is 39.9 Å². The van der Waals surface area contributed by atoms with Crippen molar-refractivity contribution < 1.29 is 4.74 Å². The van der Waals surface area contributed by atoms with Crippen LogP contribution < -0.4 is 4.74 Å². The highest BCUT2D eigenvalue weighted by Crippen LogP contribution is 2.14. The summed E-state index contributed by atoms with van der Waals surface area (Å²) >= 11 is 3.27. The number of aromatic nitrogens is 3. The molecule has 0 spiro atoms. The molecule has 0 aliphatic heterocycles. The molecule has 2 aromatic rings. The van der Waals surface area contributed by atoms with E-state index in [1.165, 1.54) is 0 Å². The molecule has 0 saturated heterocycles. The summed E-state index contributed by atoms with van der Waals surface area (Å²) < 4.78 is 8.27. The molecule has 0 saturated carbocycles. The average Bonchev–Trinajstić information content (AvgIpc) is 2.63. The van der Waals surface area contributed by atoms with Crippen LogP contribution in [0.5, 0.6) is 5.75 Å². The molecule has 4 nitrogen and oxygen atoms in total. The fraction of sp³-hybridized carbons (Fsp3) is 0.200. The molecule has 0 aromatic carbocycles. The molecule has 0 radical (unpaired) electrons. The minimum absolute atomic E-state index is 0.500. The molecular weight excluding hydrogens is 258 g/mol. The zero-order valence-corrected chi connectivity index (χ0v) is 9.81. The lowest BCUT2D eigenvalue weighted by Crippen LogP contribution is -2.01. The molecule has 5 heteroatoms. The van der Waals surface area contributed by atoms with Crippen molar-refractivity contribution in [3.63, 3.8) is 0 Å². The first-order valence-corrected chi connectivity index (χ1v) is 5.24. The summed E-state index contributed by atoms with van der Waals surface area (Å²) in [5, 5.41) is 0. The Labute approximate surface area is 96.1 Å². The first kappa shape index (κ1) is 10.2. The highest BCUT2D eigenvalue weighted by molar-refractivity contribution is 9.10.